The van der Waals surface area contributed by atoms with E-state index >= 15 is 0 Å². The minimum atomic E-state index is -0.674. The molecule has 11 nitrogen and oxygen atoms in total. The number of nitro benzene ring substituents is 1. The summed E-state index contributed by atoms with van der Waals surface area (Å²) >= 11 is 0. The van der Waals surface area contributed by atoms with Gasteiger partial charge in [0.15, 0.2) is 0 Å². The van der Waals surface area contributed by atoms with Crippen LogP contribution in [0.3, 0.4) is 0 Å². The lowest BCUT2D eigenvalue weighted by atomic mass is 10.0. The maximum Gasteiger partial charge on any atom is 0.338 e. The van der Waals surface area contributed by atoms with E-state index in [9.17, 15) is 19.7 Å². The molecule has 1 N–H and O–H groups in total. The van der Waals surface area contributed by atoms with Gasteiger partial charge in [0.05, 0.1) is 35.9 Å². The van der Waals surface area contributed by atoms with Crippen molar-refractivity contribution in [1.82, 2.24) is 15.0 Å². The number of aryl methyl sites for hydroxylation is 1. The van der Waals surface area contributed by atoms with Gasteiger partial charge in [-0.2, -0.15) is 0 Å². The van der Waals surface area contributed by atoms with Gasteiger partial charge in [0.25, 0.3) is 5.69 Å². The van der Waals surface area contributed by atoms with Gasteiger partial charge in [-0.05, 0) is 24.1 Å². The summed E-state index contributed by atoms with van der Waals surface area (Å²) in [7, 11) is 1.21. The highest BCUT2D eigenvalue weighted by atomic mass is 16.6. The van der Waals surface area contributed by atoms with Gasteiger partial charge in [-0.1, -0.05) is 17.3 Å². The van der Waals surface area contributed by atoms with Crippen LogP contribution in [0.1, 0.15) is 33.6 Å². The highest BCUT2D eigenvalue weighted by Gasteiger charge is 2.23. The van der Waals surface area contributed by atoms with E-state index in [1.54, 1.807) is 12.3 Å². The summed E-state index contributed by atoms with van der Waals surface area (Å²) in [6, 6.07) is 9.68. The molecule has 0 radical (unpaired) electrons. The fourth-order valence-corrected chi connectivity index (χ4v) is 3.45. The molecule has 1 amide bonds. The first-order valence-electron chi connectivity index (χ1n) is 9.74. The van der Waals surface area contributed by atoms with Gasteiger partial charge in [0.2, 0.25) is 5.91 Å². The number of hydrogen-bond donors (Lipinski definition) is 1. The molecule has 1 aliphatic heterocycles. The number of aromatic nitrogens is 3. The topological polar surface area (TPSA) is 138 Å². The highest BCUT2D eigenvalue weighted by Crippen LogP contribution is 2.28. The zero-order valence-electron chi connectivity index (χ0n) is 17.1. The van der Waals surface area contributed by atoms with Crippen molar-refractivity contribution in [2.24, 2.45) is 0 Å². The van der Waals surface area contributed by atoms with Gasteiger partial charge in [0.1, 0.15) is 18.1 Å². The number of fused-ring (bicyclic) bond motifs is 1. The average molecular weight is 437 g/mol. The van der Waals surface area contributed by atoms with Gasteiger partial charge in [-0.3, -0.25) is 14.9 Å². The SMILES string of the molecule is COC(=O)c1cccc([N+](=O)[O-])c1Cn1cc(COc2ccc3c(c2)NC(=O)CC3)nn1. The number of esters is 1. The van der Waals surface area contributed by atoms with Gasteiger partial charge in [-0.25, -0.2) is 9.48 Å². The maximum absolute atomic E-state index is 12.1. The number of carbonyl (C=O) groups is 2. The van der Waals surface area contributed by atoms with Crippen LogP contribution in [0, 0.1) is 10.1 Å². The van der Waals surface area contributed by atoms with E-state index in [1.807, 2.05) is 12.1 Å². The molecule has 0 atom stereocenters. The molecule has 0 saturated carbocycles. The lowest BCUT2D eigenvalue weighted by Gasteiger charge is -2.17. The first-order chi connectivity index (χ1) is 15.4. The van der Waals surface area contributed by atoms with Crippen LogP contribution in [-0.2, 0) is 29.1 Å². The number of nitrogens with one attached hydrogen (secondary N) is 1. The minimum Gasteiger partial charge on any atom is -0.487 e. The Bertz CT molecular complexity index is 1210. The molecule has 3 aromatic rings. The Morgan fingerprint density at radius 2 is 2.12 bits per heavy atom. The van der Waals surface area contributed by atoms with Crippen LogP contribution in [0.2, 0.25) is 0 Å². The second-order valence-electron chi connectivity index (χ2n) is 7.12. The molecule has 4 rings (SSSR count). The van der Waals surface area contributed by atoms with E-state index in [0.29, 0.717) is 24.3 Å². The van der Waals surface area contributed by atoms with E-state index in [2.05, 4.69) is 15.6 Å². The zero-order valence-corrected chi connectivity index (χ0v) is 17.1. The predicted octanol–water partition coefficient (Wildman–Crippen LogP) is 2.48. The Kier molecular flexibility index (Phi) is 5.79. The summed E-state index contributed by atoms with van der Waals surface area (Å²) < 4.78 is 11.9. The number of hydrogen-bond acceptors (Lipinski definition) is 8. The van der Waals surface area contributed by atoms with E-state index in [1.165, 1.54) is 30.0 Å². The van der Waals surface area contributed by atoms with Crippen LogP contribution in [0.5, 0.6) is 5.75 Å². The standard InChI is InChI=1S/C21H19N5O6/c1-31-21(28)16-3-2-4-19(26(29)30)17(16)11-25-10-14(23-24-25)12-32-15-7-5-13-6-8-20(27)22-18(13)9-15/h2-5,7,9-10H,6,8,11-12H2,1H3,(H,22,27). The van der Waals surface area contributed by atoms with E-state index < -0.39 is 10.9 Å². The fraction of sp³-hybridized carbons (Fsp3) is 0.238. The van der Waals surface area contributed by atoms with Crippen molar-refractivity contribution in [3.63, 3.8) is 0 Å². The Balaban J connectivity index is 1.48. The van der Waals surface area contributed by atoms with E-state index in [4.69, 9.17) is 9.47 Å². The number of methoxy groups -OCH3 is 1. The molecule has 0 unspecified atom stereocenters. The number of amides is 1. The third kappa shape index (κ3) is 4.41. The number of rotatable bonds is 7. The molecule has 1 aromatic heterocycles. The minimum absolute atomic E-state index is 0.0288. The summed E-state index contributed by atoms with van der Waals surface area (Å²) in [4.78, 5) is 34.5. The molecule has 0 saturated heterocycles. The maximum atomic E-state index is 12.1. The number of anilines is 1. The number of ether oxygens (including phenoxy) is 2. The molecular formula is C21H19N5O6. The number of carbonyl (C=O) groups excluding carboxylic acids is 2. The molecule has 32 heavy (non-hydrogen) atoms. The first kappa shape index (κ1) is 21.0. The van der Waals surface area contributed by atoms with Gasteiger partial charge in [0, 0.05) is 24.2 Å². The Morgan fingerprint density at radius 3 is 2.91 bits per heavy atom. The molecule has 164 valence electrons. The van der Waals surface area contributed by atoms with Crippen LogP contribution in [-0.4, -0.2) is 38.9 Å². The zero-order chi connectivity index (χ0) is 22.7. The third-order valence-electron chi connectivity index (χ3n) is 5.02. The molecule has 2 heterocycles. The summed E-state index contributed by atoms with van der Waals surface area (Å²) in [5, 5.41) is 22.3. The van der Waals surface area contributed by atoms with Crippen LogP contribution >= 0.6 is 0 Å². The number of benzene rings is 2. The molecule has 11 heteroatoms. The number of nitrogens with zero attached hydrogens (tertiary/aromatic N) is 4. The molecule has 0 aliphatic carbocycles. The second kappa shape index (κ2) is 8.84. The average Bonchev–Trinajstić information content (AvgIpc) is 3.24. The molecule has 2 aromatic carbocycles. The second-order valence-corrected chi connectivity index (χ2v) is 7.12. The first-order valence-corrected chi connectivity index (χ1v) is 9.74. The molecule has 0 bridgehead atoms. The number of nitro groups is 1. The van der Waals surface area contributed by atoms with Crippen LogP contribution in [0.25, 0.3) is 0 Å². The van der Waals surface area contributed by atoms with Crippen molar-refractivity contribution in [2.75, 3.05) is 12.4 Å². The van der Waals surface area contributed by atoms with Gasteiger partial charge >= 0.3 is 5.97 Å². The van der Waals surface area contributed by atoms with Crippen molar-refractivity contribution >= 4 is 23.3 Å². The van der Waals surface area contributed by atoms with Crippen LogP contribution in [0.15, 0.2) is 42.6 Å². The van der Waals surface area contributed by atoms with Crippen molar-refractivity contribution in [3.8, 4) is 5.75 Å². The normalized spacial score (nSPS) is 12.6. The van der Waals surface area contributed by atoms with E-state index in [0.717, 1.165) is 11.3 Å². The molecule has 0 spiro atoms. The summed E-state index contributed by atoms with van der Waals surface area (Å²) in [5.74, 6) is -0.141. The smallest absolute Gasteiger partial charge is 0.338 e. The lowest BCUT2D eigenvalue weighted by Crippen LogP contribution is -2.18. The Labute approximate surface area is 182 Å². The Morgan fingerprint density at radius 1 is 1.28 bits per heavy atom. The molecular weight excluding hydrogens is 418 g/mol. The molecule has 1 aliphatic rings. The van der Waals surface area contributed by atoms with E-state index in [-0.39, 0.29) is 35.9 Å². The van der Waals surface area contributed by atoms with Crippen molar-refractivity contribution in [2.45, 2.75) is 26.0 Å². The summed E-state index contributed by atoms with van der Waals surface area (Å²) in [5.41, 5.74) is 2.32. The van der Waals surface area contributed by atoms with Crippen molar-refractivity contribution in [3.05, 3.63) is 75.1 Å². The molecule has 0 fully saturated rings. The van der Waals surface area contributed by atoms with Crippen molar-refractivity contribution < 1.29 is 24.0 Å². The predicted molar refractivity (Wildman–Crippen MR) is 111 cm³/mol. The monoisotopic (exact) mass is 437 g/mol. The lowest BCUT2D eigenvalue weighted by molar-refractivity contribution is -0.385. The Hall–Kier alpha value is -4.28. The summed E-state index contributed by atoms with van der Waals surface area (Å²) in [6.07, 6.45) is 2.74. The quantitative estimate of drug-likeness (QED) is 0.338. The van der Waals surface area contributed by atoms with Crippen LogP contribution < -0.4 is 10.1 Å². The van der Waals surface area contributed by atoms with Crippen molar-refractivity contribution in [1.29, 1.82) is 0 Å². The highest BCUT2D eigenvalue weighted by molar-refractivity contribution is 5.94. The fourth-order valence-electron chi connectivity index (χ4n) is 3.45. The van der Waals surface area contributed by atoms with Gasteiger partial charge < -0.3 is 14.8 Å². The van der Waals surface area contributed by atoms with Crippen LogP contribution in [0.4, 0.5) is 11.4 Å². The van der Waals surface area contributed by atoms with Gasteiger partial charge in [-0.15, -0.1) is 5.10 Å². The third-order valence-corrected chi connectivity index (χ3v) is 5.02. The summed E-state index contributed by atoms with van der Waals surface area (Å²) in [6.45, 7) is 0.0624. The largest absolute Gasteiger partial charge is 0.487 e.